The minimum atomic E-state index is -7.22. The molecule has 1 aliphatic carbocycles. The molecule has 0 radical (unpaired) electrons. The average Bonchev–Trinajstić information content (AvgIpc) is 3.85. The Balaban J connectivity index is 0.000000289. The first-order chi connectivity index (χ1) is 30.5. The van der Waals surface area contributed by atoms with Gasteiger partial charge < -0.3 is 0 Å². The lowest BCUT2D eigenvalue weighted by molar-refractivity contribution is -0.690. The first-order valence-corrected chi connectivity index (χ1v) is 18.3. The van der Waals surface area contributed by atoms with Gasteiger partial charge in [-0.15, -0.1) is 21.9 Å². The second kappa shape index (κ2) is 18.2. The van der Waals surface area contributed by atoms with Gasteiger partial charge in [0.05, 0.1) is 0 Å². The molecule has 0 aliphatic heterocycles. The third kappa shape index (κ3) is 7.74. The van der Waals surface area contributed by atoms with E-state index in [0.717, 1.165) is 25.1 Å². The number of aromatic nitrogens is 1. The Labute approximate surface area is 351 Å². The van der Waals surface area contributed by atoms with Crippen LogP contribution in [0.4, 0.5) is 87.8 Å². The van der Waals surface area contributed by atoms with E-state index in [1.54, 1.807) is 0 Å². The summed E-state index contributed by atoms with van der Waals surface area (Å²) in [6, 6.07) is 16.2. The van der Waals surface area contributed by atoms with Crippen LogP contribution in [0.5, 0.6) is 0 Å². The van der Waals surface area contributed by atoms with Crippen molar-refractivity contribution in [3.05, 3.63) is 182 Å². The Kier molecular flexibility index (Phi) is 13.5. The highest BCUT2D eigenvalue weighted by molar-refractivity contribution is 7.20. The summed E-state index contributed by atoms with van der Waals surface area (Å²) in [5, 5.41) is 0. The summed E-state index contributed by atoms with van der Waals surface area (Å²) < 4.78 is 296. The van der Waals surface area contributed by atoms with E-state index in [1.807, 2.05) is 42.6 Å². The van der Waals surface area contributed by atoms with Crippen molar-refractivity contribution in [1.29, 1.82) is 0 Å². The van der Waals surface area contributed by atoms with Gasteiger partial charge in [-0.2, -0.15) is 4.57 Å². The Morgan fingerprint density at radius 3 is 0.985 bits per heavy atom. The summed E-state index contributed by atoms with van der Waals surface area (Å²) in [6.45, 7) is 0.759. The SMILES string of the molecule is Fc1c(F)c(F)c([B-](c2c(F)c(F)c(F)c(F)c2F)(c2c(F)c(F)c(F)c(F)c2F)c2c(F)c(F)c(F)c(F)c2F)c(F)c1F.O=C(c1cccc[n+]1Cc1ccccc1)C1CCCC1. The Hall–Kier alpha value is -6.42. The summed E-state index contributed by atoms with van der Waals surface area (Å²) in [4.78, 5) is 12.6. The van der Waals surface area contributed by atoms with E-state index in [4.69, 9.17) is 0 Å². The second-order valence-electron chi connectivity index (χ2n) is 14.3. The predicted molar refractivity (Wildman–Crippen MR) is 188 cm³/mol. The number of ketones is 1. The smallest absolute Gasteiger partial charge is 0.249 e. The molecule has 0 atom stereocenters. The summed E-state index contributed by atoms with van der Waals surface area (Å²) in [5.74, 6) is -70.9. The Morgan fingerprint density at radius 2 is 0.677 bits per heavy atom. The fourth-order valence-electron chi connectivity index (χ4n) is 7.89. The van der Waals surface area contributed by atoms with E-state index in [1.165, 1.54) is 18.4 Å². The number of hydrogen-bond donors (Lipinski definition) is 0. The molecule has 7 rings (SSSR count). The highest BCUT2D eigenvalue weighted by Crippen LogP contribution is 2.31. The summed E-state index contributed by atoms with van der Waals surface area (Å²) >= 11 is 0. The van der Waals surface area contributed by atoms with Crippen LogP contribution in [-0.2, 0) is 6.54 Å². The Bertz CT molecular complexity index is 2500. The number of pyridine rings is 1. The molecule has 2 nitrogen and oxygen atoms in total. The lowest BCUT2D eigenvalue weighted by Gasteiger charge is -2.44. The van der Waals surface area contributed by atoms with Gasteiger partial charge in [0.1, 0.15) is 52.7 Å². The van der Waals surface area contributed by atoms with Crippen molar-refractivity contribution in [2.24, 2.45) is 5.92 Å². The predicted octanol–water partition coefficient (Wildman–Crippen LogP) is 9.24. The third-order valence-electron chi connectivity index (χ3n) is 10.8. The molecule has 1 fully saturated rings. The quantitative estimate of drug-likeness (QED) is 0.0373. The standard InChI is InChI=1S/C24BF20.C18H20NO/c26-5-1(6(27)14(35)21(42)13(5)34)25(2-7(28)15(36)22(43)16(37)8(2)29,3-9(30)17(38)23(44)18(39)10(3)31)4-11(32)19(40)24(45)20(41)12(4)33;20-18(16-10-4-5-11-16)17-12-6-7-13-19(17)14-15-8-2-1-3-9-15/h;1-3,6-9,12-13,16H,4-5,10-11,14H2/q-1;+1. The number of rotatable bonds is 8. The average molecular weight is 945 g/mol. The molecule has 1 heterocycles. The van der Waals surface area contributed by atoms with Crippen molar-refractivity contribution >= 4 is 33.8 Å². The molecule has 0 unspecified atom stereocenters. The molecule has 0 spiro atoms. The van der Waals surface area contributed by atoms with Gasteiger partial charge in [0, 0.05) is 23.6 Å². The molecule has 1 saturated carbocycles. The number of halogens is 20. The molecule has 23 heteroatoms. The first kappa shape index (κ1) is 48.1. The largest absolute Gasteiger partial charge is 0.287 e. The van der Waals surface area contributed by atoms with Gasteiger partial charge in [-0.1, -0.05) is 43.2 Å². The van der Waals surface area contributed by atoms with Crippen LogP contribution in [-0.4, -0.2) is 11.9 Å². The fourth-order valence-corrected chi connectivity index (χ4v) is 7.89. The zero-order chi connectivity index (χ0) is 48.1. The van der Waals surface area contributed by atoms with Crippen molar-refractivity contribution in [3.63, 3.8) is 0 Å². The van der Waals surface area contributed by atoms with Crippen LogP contribution in [0.2, 0.25) is 0 Å². The molecule has 1 aliphatic rings. The normalized spacial score (nSPS) is 13.0. The van der Waals surface area contributed by atoms with Gasteiger partial charge in [-0.3, -0.25) is 4.79 Å². The minimum Gasteiger partial charge on any atom is -0.287 e. The van der Waals surface area contributed by atoms with Gasteiger partial charge in [0.25, 0.3) is 0 Å². The van der Waals surface area contributed by atoms with Crippen LogP contribution < -0.4 is 26.4 Å². The van der Waals surface area contributed by atoms with Crippen molar-refractivity contribution < 1.29 is 97.2 Å². The highest BCUT2D eigenvalue weighted by Gasteiger charge is 2.52. The number of Topliss-reactive ketones (excluding diaryl/α,β-unsaturated/α-hetero) is 1. The summed E-state index contributed by atoms with van der Waals surface area (Å²) in [6.07, 6.45) is -0.706. The molecule has 0 saturated heterocycles. The zero-order valence-electron chi connectivity index (χ0n) is 31.8. The first-order valence-electron chi connectivity index (χ1n) is 18.3. The van der Waals surface area contributed by atoms with Crippen LogP contribution in [0, 0.1) is 122 Å². The molecule has 0 bridgehead atoms. The maximum atomic E-state index is 15.4. The van der Waals surface area contributed by atoms with E-state index in [0.29, 0.717) is 5.78 Å². The topological polar surface area (TPSA) is 20.9 Å². The van der Waals surface area contributed by atoms with Crippen LogP contribution in [0.15, 0.2) is 54.7 Å². The molecular weight excluding hydrogens is 925 g/mol. The number of hydrogen-bond acceptors (Lipinski definition) is 1. The highest BCUT2D eigenvalue weighted by atomic mass is 19.2. The van der Waals surface area contributed by atoms with E-state index in [9.17, 15) is 57.5 Å². The number of carbonyl (C=O) groups excluding carboxylic acids is 1. The second-order valence-corrected chi connectivity index (χ2v) is 14.3. The molecule has 5 aromatic carbocycles. The molecule has 0 amide bonds. The van der Waals surface area contributed by atoms with Crippen molar-refractivity contribution in [2.75, 3.05) is 0 Å². The van der Waals surface area contributed by atoms with Gasteiger partial charge in [0.15, 0.2) is 82.5 Å². The molecular formula is C42H20BF20NO. The van der Waals surface area contributed by atoms with Crippen molar-refractivity contribution in [2.45, 2.75) is 32.2 Å². The molecule has 0 N–H and O–H groups in total. The fraction of sp³-hybridized carbons (Fsp3) is 0.143. The van der Waals surface area contributed by atoms with Gasteiger partial charge >= 0.3 is 0 Å². The minimum absolute atomic E-state index is 0.236. The van der Waals surface area contributed by atoms with Crippen LogP contribution in [0.1, 0.15) is 41.7 Å². The zero-order valence-corrected chi connectivity index (χ0v) is 31.8. The molecule has 342 valence electrons. The van der Waals surface area contributed by atoms with E-state index in [-0.39, 0.29) is 5.92 Å². The maximum Gasteiger partial charge on any atom is 0.249 e. The van der Waals surface area contributed by atoms with Crippen LogP contribution >= 0.6 is 0 Å². The monoisotopic (exact) mass is 945 g/mol. The summed E-state index contributed by atoms with van der Waals surface area (Å²) in [5.41, 5.74) is -12.3. The third-order valence-corrected chi connectivity index (χ3v) is 10.8. The molecule has 1 aromatic heterocycles. The van der Waals surface area contributed by atoms with E-state index < -0.39 is 144 Å². The number of nitrogens with zero attached hydrogens (tertiary/aromatic N) is 1. The van der Waals surface area contributed by atoms with Crippen LogP contribution in [0.25, 0.3) is 0 Å². The lowest BCUT2D eigenvalue weighted by Crippen LogP contribution is -2.81. The van der Waals surface area contributed by atoms with Gasteiger partial charge in [-0.25, -0.2) is 87.8 Å². The van der Waals surface area contributed by atoms with Gasteiger partial charge in [0.2, 0.25) is 11.5 Å². The van der Waals surface area contributed by atoms with Crippen LogP contribution in [0.3, 0.4) is 0 Å². The molecule has 6 aromatic rings. The van der Waals surface area contributed by atoms with E-state index >= 15 is 35.1 Å². The number of carbonyl (C=O) groups is 1. The summed E-state index contributed by atoms with van der Waals surface area (Å²) in [7, 11) is 0. The number of benzene rings is 5. The van der Waals surface area contributed by atoms with Crippen molar-refractivity contribution in [3.8, 4) is 0 Å². The Morgan fingerprint density at radius 1 is 0.400 bits per heavy atom. The lowest BCUT2D eigenvalue weighted by atomic mass is 9.12. The van der Waals surface area contributed by atoms with Crippen molar-refractivity contribution in [1.82, 2.24) is 0 Å². The maximum absolute atomic E-state index is 15.4. The molecule has 65 heavy (non-hydrogen) atoms. The van der Waals surface area contributed by atoms with E-state index in [2.05, 4.69) is 16.7 Å². The van der Waals surface area contributed by atoms with Gasteiger partial charge in [-0.05, 0) is 18.9 Å².